The van der Waals surface area contributed by atoms with Gasteiger partial charge in [0.1, 0.15) is 0 Å². The van der Waals surface area contributed by atoms with Crippen LogP contribution in [-0.4, -0.2) is 6.29 Å². The topological polar surface area (TPSA) is 26.0 Å². The summed E-state index contributed by atoms with van der Waals surface area (Å²) in [6.07, 6.45) is 0.712. The second-order valence-electron chi connectivity index (χ2n) is 3.33. The van der Waals surface area contributed by atoms with Crippen LogP contribution in [0.3, 0.4) is 0 Å². The quantitative estimate of drug-likeness (QED) is 0.629. The van der Waals surface area contributed by atoms with Crippen LogP contribution in [-0.2, 0) is 15.9 Å². The molecule has 0 aliphatic heterocycles. The monoisotopic (exact) mass is 391 g/mol. The number of benzene rings is 2. The molecule has 0 fully saturated rings. The second kappa shape index (κ2) is 9.93. The van der Waals surface area contributed by atoms with Gasteiger partial charge in [0.05, 0.1) is 0 Å². The molecule has 0 aliphatic carbocycles. The van der Waals surface area contributed by atoms with Crippen molar-refractivity contribution in [1.29, 1.82) is 0 Å². The molecule has 0 radical (unpaired) electrons. The van der Waals surface area contributed by atoms with Crippen molar-refractivity contribution in [3.63, 3.8) is 0 Å². The first-order valence-corrected chi connectivity index (χ1v) is 10.8. The van der Waals surface area contributed by atoms with E-state index < -0.39 is 0 Å². The van der Waals surface area contributed by atoms with Crippen LogP contribution in [0.1, 0.15) is 0 Å². The van der Waals surface area contributed by atoms with Crippen LogP contribution < -0.4 is 16.3 Å². The van der Waals surface area contributed by atoms with Crippen molar-refractivity contribution in [3.8, 4) is 0 Å². The van der Waals surface area contributed by atoms with Crippen LogP contribution in [0.4, 0.5) is 0 Å². The Hall–Kier alpha value is 0.0723. The van der Waals surface area contributed by atoms with Crippen molar-refractivity contribution in [2.75, 3.05) is 6.29 Å². The van der Waals surface area contributed by atoms with Gasteiger partial charge in [0, 0.05) is 6.29 Å². The first kappa shape index (κ1) is 16.1. The number of hydrogen-bond donors (Lipinski definition) is 1. The minimum absolute atomic E-state index is 0.106. The van der Waals surface area contributed by atoms with E-state index >= 15 is 0 Å². The molecule has 18 heavy (non-hydrogen) atoms. The Labute approximate surface area is 126 Å². The fraction of sp³-hybridized carbons (Fsp3) is 0.0769. The Morgan fingerprint density at radius 1 is 0.833 bits per heavy atom. The standard InChI is InChI=1S/C13H14NP.2ClH.Pd/c14-11-15(12-7-3-1-4-8-12)13-9-5-2-6-10-13;;;/h1-10H,11,14H2;2*1H;/q;;;+2/p-2. The molecule has 0 amide bonds. The van der Waals surface area contributed by atoms with E-state index in [1.54, 1.807) is 0 Å². The second-order valence-corrected chi connectivity index (χ2v) is 7.94. The summed E-state index contributed by atoms with van der Waals surface area (Å²) in [4.78, 5) is 0. The molecule has 5 heteroatoms. The predicted molar refractivity (Wildman–Crippen MR) is 79.8 cm³/mol. The van der Waals surface area contributed by atoms with E-state index in [1.807, 2.05) is 12.1 Å². The average molecular weight is 393 g/mol. The molecule has 0 saturated carbocycles. The van der Waals surface area contributed by atoms with Crippen molar-refractivity contribution < 1.29 is 15.9 Å². The molecule has 0 heterocycles. The Bertz CT molecular complexity index is 388. The van der Waals surface area contributed by atoms with Gasteiger partial charge in [-0.3, -0.25) is 0 Å². The van der Waals surface area contributed by atoms with Gasteiger partial charge in [-0.15, -0.1) is 0 Å². The summed E-state index contributed by atoms with van der Waals surface area (Å²) >= 11 is -0.106. The summed E-state index contributed by atoms with van der Waals surface area (Å²) in [5.41, 5.74) is 5.87. The van der Waals surface area contributed by atoms with Gasteiger partial charge in [-0.2, -0.15) is 0 Å². The van der Waals surface area contributed by atoms with E-state index in [0.29, 0.717) is 6.29 Å². The van der Waals surface area contributed by atoms with Gasteiger partial charge in [-0.1, -0.05) is 60.7 Å². The van der Waals surface area contributed by atoms with Crippen LogP contribution in [0.25, 0.3) is 0 Å². The van der Waals surface area contributed by atoms with Crippen molar-refractivity contribution >= 4 is 37.6 Å². The van der Waals surface area contributed by atoms with Gasteiger partial charge in [-0.25, -0.2) is 0 Å². The molecule has 0 spiro atoms. The molecule has 2 aromatic rings. The Morgan fingerprint density at radius 3 is 1.44 bits per heavy atom. The summed E-state index contributed by atoms with van der Waals surface area (Å²) < 4.78 is 0. The molecular formula is C13H14Cl2NPPd. The number of nitrogens with two attached hydrogens (primary N) is 1. The minimum atomic E-state index is -0.371. The van der Waals surface area contributed by atoms with E-state index in [4.69, 9.17) is 24.8 Å². The zero-order chi connectivity index (χ0) is 13.2. The Kier molecular flexibility index (Phi) is 8.90. The summed E-state index contributed by atoms with van der Waals surface area (Å²) in [6, 6.07) is 21.0. The maximum atomic E-state index is 5.87. The van der Waals surface area contributed by atoms with Crippen molar-refractivity contribution in [3.05, 3.63) is 60.7 Å². The van der Waals surface area contributed by atoms with Crippen LogP contribution >= 0.6 is 27.0 Å². The normalized spacial score (nSPS) is 10.0. The van der Waals surface area contributed by atoms with E-state index in [2.05, 4.69) is 48.5 Å². The summed E-state index contributed by atoms with van der Waals surface area (Å²) in [7, 11) is 9.26. The van der Waals surface area contributed by atoms with Gasteiger partial charge in [0.2, 0.25) is 0 Å². The molecule has 0 saturated heterocycles. The molecule has 1 nitrogen and oxygen atoms in total. The van der Waals surface area contributed by atoms with Gasteiger partial charge in [0.25, 0.3) is 0 Å². The third-order valence-electron chi connectivity index (χ3n) is 2.32. The molecule has 2 rings (SSSR count). The zero-order valence-corrected chi connectivity index (χ0v) is 13.5. The van der Waals surface area contributed by atoms with Gasteiger partial charge < -0.3 is 5.73 Å². The molecule has 2 aromatic carbocycles. The van der Waals surface area contributed by atoms with Gasteiger partial charge in [-0.05, 0) is 18.5 Å². The zero-order valence-electron chi connectivity index (χ0n) is 9.58. The molecule has 0 atom stereocenters. The van der Waals surface area contributed by atoms with Crippen molar-refractivity contribution in [2.24, 2.45) is 5.73 Å². The Balaban J connectivity index is 0.000000492. The van der Waals surface area contributed by atoms with E-state index in [0.717, 1.165) is 0 Å². The van der Waals surface area contributed by atoms with Gasteiger partial charge in [0.15, 0.2) is 0 Å². The maximum absolute atomic E-state index is 5.87. The van der Waals surface area contributed by atoms with Crippen molar-refractivity contribution in [1.82, 2.24) is 0 Å². The third kappa shape index (κ3) is 5.37. The molecule has 0 bridgehead atoms. The van der Waals surface area contributed by atoms with Crippen molar-refractivity contribution in [2.45, 2.75) is 0 Å². The van der Waals surface area contributed by atoms with Crippen LogP contribution in [0.15, 0.2) is 60.7 Å². The summed E-state index contributed by atoms with van der Waals surface area (Å²) in [6.45, 7) is 0. The molecule has 0 aromatic heterocycles. The molecule has 0 aliphatic rings. The van der Waals surface area contributed by atoms with E-state index in [1.165, 1.54) is 10.6 Å². The fourth-order valence-electron chi connectivity index (χ4n) is 1.58. The Morgan fingerprint density at radius 2 is 1.17 bits per heavy atom. The number of hydrogen-bond acceptors (Lipinski definition) is 1. The molecule has 0 unspecified atom stereocenters. The molecule has 100 valence electrons. The predicted octanol–water partition coefficient (Wildman–Crippen LogP) is 3.41. The fourth-order valence-corrected chi connectivity index (χ4v) is 3.36. The van der Waals surface area contributed by atoms with Gasteiger partial charge >= 0.3 is 35.0 Å². The third-order valence-corrected chi connectivity index (χ3v) is 4.53. The molecular weight excluding hydrogens is 378 g/mol. The first-order valence-electron chi connectivity index (χ1n) is 5.23. The number of halogens is 2. The van der Waals surface area contributed by atoms with Crippen LogP contribution in [0, 0.1) is 0 Å². The first-order chi connectivity index (χ1) is 8.83. The average Bonchev–Trinajstić information content (AvgIpc) is 2.43. The molecule has 2 N–H and O–H groups in total. The van der Waals surface area contributed by atoms with Crippen LogP contribution in [0.2, 0.25) is 0 Å². The SMILES string of the molecule is NCP(c1ccccc1)c1ccccc1.[Cl][Pd][Cl]. The van der Waals surface area contributed by atoms with Crippen LogP contribution in [0.5, 0.6) is 0 Å². The summed E-state index contributed by atoms with van der Waals surface area (Å²) in [5.74, 6) is 0. The number of rotatable bonds is 3. The van der Waals surface area contributed by atoms with E-state index in [-0.39, 0.29) is 23.9 Å². The van der Waals surface area contributed by atoms with E-state index in [9.17, 15) is 0 Å². The summed E-state index contributed by atoms with van der Waals surface area (Å²) in [5, 5.41) is 2.70.